The van der Waals surface area contributed by atoms with Crippen LogP contribution in [0.5, 0.6) is 0 Å². The van der Waals surface area contributed by atoms with Crippen molar-refractivity contribution in [3.8, 4) is 0 Å². The Morgan fingerprint density at radius 1 is 1.29 bits per heavy atom. The number of carbonyl (C=O) groups is 1. The zero-order chi connectivity index (χ0) is 12.8. The van der Waals surface area contributed by atoms with Crippen molar-refractivity contribution < 1.29 is 9.90 Å². The fraction of sp³-hybridized carbons (Fsp3) is 0.417. The average Bonchev–Trinajstić information content (AvgIpc) is 2.58. The van der Waals surface area contributed by atoms with Crippen LogP contribution in [0.3, 0.4) is 0 Å². The van der Waals surface area contributed by atoms with E-state index in [0.29, 0.717) is 11.5 Å². The number of carboxylic acid groups (broad SMARTS) is 1. The SMILES string of the molecule is Cc1nc2nc(C(C)(C)C)cn2cc1C(=O)O. The van der Waals surface area contributed by atoms with Crippen LogP contribution in [0.15, 0.2) is 12.4 Å². The minimum Gasteiger partial charge on any atom is -0.478 e. The lowest BCUT2D eigenvalue weighted by Gasteiger charge is -2.13. The summed E-state index contributed by atoms with van der Waals surface area (Å²) in [5.74, 6) is -0.430. The number of hydrogen-bond acceptors (Lipinski definition) is 3. The number of hydrogen-bond donors (Lipinski definition) is 1. The number of aromatic nitrogens is 3. The average molecular weight is 233 g/mol. The van der Waals surface area contributed by atoms with Gasteiger partial charge in [-0.15, -0.1) is 0 Å². The summed E-state index contributed by atoms with van der Waals surface area (Å²) in [5, 5.41) is 9.02. The predicted molar refractivity (Wildman–Crippen MR) is 63.4 cm³/mol. The van der Waals surface area contributed by atoms with Crippen molar-refractivity contribution in [2.24, 2.45) is 0 Å². The molecule has 0 aliphatic heterocycles. The van der Waals surface area contributed by atoms with Crippen molar-refractivity contribution in [3.63, 3.8) is 0 Å². The summed E-state index contributed by atoms with van der Waals surface area (Å²) in [6, 6.07) is 0. The Hall–Kier alpha value is -1.91. The molecule has 0 spiro atoms. The van der Waals surface area contributed by atoms with E-state index in [1.807, 2.05) is 6.20 Å². The van der Waals surface area contributed by atoms with Gasteiger partial charge in [0.15, 0.2) is 0 Å². The number of nitrogens with zero attached hydrogens (tertiary/aromatic N) is 3. The number of carboxylic acids is 1. The summed E-state index contributed by atoms with van der Waals surface area (Å²) in [4.78, 5) is 19.6. The molecule has 17 heavy (non-hydrogen) atoms. The summed E-state index contributed by atoms with van der Waals surface area (Å²) in [6.45, 7) is 7.84. The van der Waals surface area contributed by atoms with Gasteiger partial charge in [-0.2, -0.15) is 0 Å². The molecule has 0 aliphatic rings. The molecule has 0 atom stereocenters. The summed E-state index contributed by atoms with van der Waals surface area (Å²) >= 11 is 0. The molecule has 0 radical (unpaired) electrons. The molecule has 0 saturated carbocycles. The third-order valence-corrected chi connectivity index (χ3v) is 2.64. The number of aryl methyl sites for hydroxylation is 1. The van der Waals surface area contributed by atoms with E-state index in [1.54, 1.807) is 17.5 Å². The molecular formula is C12H15N3O2. The van der Waals surface area contributed by atoms with Crippen molar-refractivity contribution in [2.45, 2.75) is 33.1 Å². The van der Waals surface area contributed by atoms with Crippen LogP contribution in [0, 0.1) is 6.92 Å². The third kappa shape index (κ3) is 2.00. The maximum atomic E-state index is 11.0. The highest BCUT2D eigenvalue weighted by atomic mass is 16.4. The first-order valence-corrected chi connectivity index (χ1v) is 5.39. The zero-order valence-corrected chi connectivity index (χ0v) is 10.4. The molecular weight excluding hydrogens is 218 g/mol. The molecule has 2 rings (SSSR count). The lowest BCUT2D eigenvalue weighted by atomic mass is 9.93. The monoisotopic (exact) mass is 233 g/mol. The van der Waals surface area contributed by atoms with Crippen LogP contribution < -0.4 is 0 Å². The van der Waals surface area contributed by atoms with E-state index < -0.39 is 5.97 Å². The van der Waals surface area contributed by atoms with Crippen molar-refractivity contribution >= 4 is 11.7 Å². The highest BCUT2D eigenvalue weighted by molar-refractivity contribution is 5.88. The van der Waals surface area contributed by atoms with Crippen LogP contribution in [0.25, 0.3) is 5.78 Å². The number of rotatable bonds is 1. The molecule has 1 N–H and O–H groups in total. The maximum Gasteiger partial charge on any atom is 0.339 e. The van der Waals surface area contributed by atoms with Crippen molar-refractivity contribution in [1.82, 2.24) is 14.4 Å². The molecule has 90 valence electrons. The van der Waals surface area contributed by atoms with Gasteiger partial charge in [0.05, 0.1) is 17.0 Å². The molecule has 5 heteroatoms. The van der Waals surface area contributed by atoms with Crippen LogP contribution >= 0.6 is 0 Å². The first-order valence-electron chi connectivity index (χ1n) is 5.39. The Kier molecular flexibility index (Phi) is 2.41. The fourth-order valence-corrected chi connectivity index (χ4v) is 1.58. The molecule has 2 aromatic rings. The molecule has 0 bridgehead atoms. The molecule has 0 unspecified atom stereocenters. The van der Waals surface area contributed by atoms with Gasteiger partial charge in [-0.1, -0.05) is 20.8 Å². The standard InChI is InChI=1S/C12H15N3O2/c1-7-8(10(16)17)5-15-6-9(12(2,3)4)14-11(15)13-7/h5-6H,1-4H3,(H,16,17). The summed E-state index contributed by atoms with van der Waals surface area (Å²) in [7, 11) is 0. The second kappa shape index (κ2) is 3.55. The van der Waals surface area contributed by atoms with Gasteiger partial charge in [0.25, 0.3) is 0 Å². The Morgan fingerprint density at radius 2 is 1.94 bits per heavy atom. The minimum absolute atomic E-state index is 0.0784. The molecule has 0 aromatic carbocycles. The normalized spacial score (nSPS) is 12.0. The first kappa shape index (κ1) is 11.6. The number of fused-ring (bicyclic) bond motifs is 1. The first-order chi connectivity index (χ1) is 7.79. The van der Waals surface area contributed by atoms with E-state index >= 15 is 0 Å². The van der Waals surface area contributed by atoms with Gasteiger partial charge in [-0.3, -0.25) is 4.40 Å². The van der Waals surface area contributed by atoms with Crippen molar-refractivity contribution in [2.75, 3.05) is 0 Å². The van der Waals surface area contributed by atoms with Gasteiger partial charge < -0.3 is 5.11 Å². The Labute approximate surface area is 99.1 Å². The molecule has 2 aromatic heterocycles. The van der Waals surface area contributed by atoms with Crippen LogP contribution in [0.1, 0.15) is 42.5 Å². The quantitative estimate of drug-likeness (QED) is 0.818. The maximum absolute atomic E-state index is 11.0. The predicted octanol–water partition coefficient (Wildman–Crippen LogP) is 2.03. The Balaban J connectivity index is 2.67. The van der Waals surface area contributed by atoms with E-state index in [9.17, 15) is 4.79 Å². The molecule has 0 fully saturated rings. The molecule has 2 heterocycles. The Morgan fingerprint density at radius 3 is 2.47 bits per heavy atom. The summed E-state index contributed by atoms with van der Waals surface area (Å²) in [5.41, 5.74) is 1.50. The minimum atomic E-state index is -0.970. The lowest BCUT2D eigenvalue weighted by Crippen LogP contribution is -2.11. The van der Waals surface area contributed by atoms with Gasteiger partial charge in [-0.05, 0) is 6.92 Å². The third-order valence-electron chi connectivity index (χ3n) is 2.64. The van der Waals surface area contributed by atoms with Gasteiger partial charge in [-0.25, -0.2) is 14.8 Å². The molecule has 0 amide bonds. The highest BCUT2D eigenvalue weighted by Gasteiger charge is 2.19. The molecule has 0 aliphatic carbocycles. The van der Waals surface area contributed by atoms with Crippen molar-refractivity contribution in [3.05, 3.63) is 29.3 Å². The largest absolute Gasteiger partial charge is 0.478 e. The zero-order valence-electron chi connectivity index (χ0n) is 10.4. The van der Waals surface area contributed by atoms with Crippen LogP contribution in [-0.4, -0.2) is 25.4 Å². The summed E-state index contributed by atoms with van der Waals surface area (Å²) < 4.78 is 1.66. The fourth-order valence-electron chi connectivity index (χ4n) is 1.58. The second-order valence-corrected chi connectivity index (χ2v) is 5.13. The van der Waals surface area contributed by atoms with Gasteiger partial charge >= 0.3 is 5.97 Å². The van der Waals surface area contributed by atoms with E-state index in [2.05, 4.69) is 30.7 Å². The second-order valence-electron chi connectivity index (χ2n) is 5.13. The van der Waals surface area contributed by atoms with Gasteiger partial charge in [0.1, 0.15) is 0 Å². The van der Waals surface area contributed by atoms with Gasteiger partial charge in [0, 0.05) is 17.8 Å². The highest BCUT2D eigenvalue weighted by Crippen LogP contribution is 2.21. The lowest BCUT2D eigenvalue weighted by molar-refractivity contribution is 0.0695. The van der Waals surface area contributed by atoms with Crippen LogP contribution in [-0.2, 0) is 5.41 Å². The smallest absolute Gasteiger partial charge is 0.339 e. The van der Waals surface area contributed by atoms with E-state index in [-0.39, 0.29) is 11.0 Å². The number of imidazole rings is 1. The van der Waals surface area contributed by atoms with Gasteiger partial charge in [0.2, 0.25) is 5.78 Å². The molecule has 0 saturated heterocycles. The topological polar surface area (TPSA) is 67.5 Å². The van der Waals surface area contributed by atoms with E-state index in [1.165, 1.54) is 0 Å². The van der Waals surface area contributed by atoms with Crippen molar-refractivity contribution in [1.29, 1.82) is 0 Å². The van der Waals surface area contributed by atoms with E-state index in [0.717, 1.165) is 5.69 Å². The van der Waals surface area contributed by atoms with E-state index in [4.69, 9.17) is 5.11 Å². The Bertz CT molecular complexity index is 594. The van der Waals surface area contributed by atoms with Crippen LogP contribution in [0.4, 0.5) is 0 Å². The number of aromatic carboxylic acids is 1. The van der Waals surface area contributed by atoms with Crippen LogP contribution in [0.2, 0.25) is 0 Å². The summed E-state index contributed by atoms with van der Waals surface area (Å²) in [6.07, 6.45) is 3.39. The molecule has 5 nitrogen and oxygen atoms in total.